The van der Waals surface area contributed by atoms with E-state index in [1.165, 1.54) is 34.9 Å². The molecule has 1 unspecified atom stereocenters. The van der Waals surface area contributed by atoms with E-state index in [0.717, 1.165) is 0 Å². The first-order valence-electron chi connectivity index (χ1n) is 10.1. The van der Waals surface area contributed by atoms with Gasteiger partial charge in [-0.3, -0.25) is 19.5 Å². The van der Waals surface area contributed by atoms with Crippen LogP contribution < -0.4 is 11.1 Å². The number of nitro groups is 1. The van der Waals surface area contributed by atoms with Crippen LogP contribution in [0.15, 0.2) is 64.1 Å². The first kappa shape index (κ1) is 21.9. The van der Waals surface area contributed by atoms with Crippen LogP contribution in [0.5, 0.6) is 0 Å². The standard InChI is InChI=1S/C22H20FN5O5/c1-26-12-10-24-21(26)20(14-4-6-15(23)7-5-14)25-19(29)3-2-11-27-17-9-8-16(28(31)32)13-18(17)33-22(27)30/h4-10,12-13,20H,2-3,11H2,1H3,(H,25,29). The SMILES string of the molecule is Cn1ccnc1C(NC(=O)CCCn1c(=O)oc2cc([N+](=O)[O-])ccc21)c1ccc(F)cc1. The van der Waals surface area contributed by atoms with Gasteiger partial charge in [0, 0.05) is 38.5 Å². The van der Waals surface area contributed by atoms with Crippen LogP contribution in [0.2, 0.25) is 0 Å². The van der Waals surface area contributed by atoms with Crippen molar-refractivity contribution < 1.29 is 18.5 Å². The second kappa shape index (κ2) is 9.07. The molecule has 2 heterocycles. The van der Waals surface area contributed by atoms with Gasteiger partial charge in [0.2, 0.25) is 5.91 Å². The van der Waals surface area contributed by atoms with Gasteiger partial charge in [-0.2, -0.15) is 0 Å². The van der Waals surface area contributed by atoms with E-state index in [0.29, 0.717) is 23.3 Å². The number of nitrogens with zero attached hydrogens (tertiary/aromatic N) is 4. The molecule has 2 aromatic carbocycles. The number of rotatable bonds is 8. The number of hydrogen-bond acceptors (Lipinski definition) is 6. The molecule has 0 bridgehead atoms. The second-order valence-corrected chi connectivity index (χ2v) is 7.48. The van der Waals surface area contributed by atoms with Crippen molar-refractivity contribution in [3.05, 3.63) is 92.7 Å². The van der Waals surface area contributed by atoms with Crippen LogP contribution in [0.1, 0.15) is 30.3 Å². The predicted octanol–water partition coefficient (Wildman–Crippen LogP) is 3.06. The summed E-state index contributed by atoms with van der Waals surface area (Å²) in [6.07, 6.45) is 3.79. The Bertz CT molecular complexity index is 1370. The van der Waals surface area contributed by atoms with Crippen LogP contribution in [0.3, 0.4) is 0 Å². The molecule has 1 atom stereocenters. The number of aryl methyl sites for hydroxylation is 2. The topological polar surface area (TPSA) is 125 Å². The van der Waals surface area contributed by atoms with Gasteiger partial charge in [0.25, 0.3) is 5.69 Å². The Morgan fingerprint density at radius 1 is 1.27 bits per heavy atom. The molecule has 0 saturated heterocycles. The normalized spacial score (nSPS) is 12.1. The Morgan fingerprint density at radius 2 is 2.03 bits per heavy atom. The van der Waals surface area contributed by atoms with E-state index in [2.05, 4.69) is 10.3 Å². The maximum Gasteiger partial charge on any atom is 0.419 e. The zero-order chi connectivity index (χ0) is 23.5. The molecule has 0 spiro atoms. The summed E-state index contributed by atoms with van der Waals surface area (Å²) in [7, 11) is 1.80. The van der Waals surface area contributed by atoms with Gasteiger partial charge in [-0.25, -0.2) is 14.2 Å². The van der Waals surface area contributed by atoms with Gasteiger partial charge >= 0.3 is 5.76 Å². The Kier molecular flexibility index (Phi) is 6.03. The zero-order valence-electron chi connectivity index (χ0n) is 17.6. The largest absolute Gasteiger partial charge is 0.419 e. The summed E-state index contributed by atoms with van der Waals surface area (Å²) in [6.45, 7) is 0.195. The molecule has 0 radical (unpaired) electrons. The Morgan fingerprint density at radius 3 is 2.70 bits per heavy atom. The van der Waals surface area contributed by atoms with Crippen molar-refractivity contribution in [2.24, 2.45) is 7.05 Å². The second-order valence-electron chi connectivity index (χ2n) is 7.48. The monoisotopic (exact) mass is 453 g/mol. The van der Waals surface area contributed by atoms with Gasteiger partial charge < -0.3 is 14.3 Å². The van der Waals surface area contributed by atoms with Gasteiger partial charge in [0.15, 0.2) is 5.58 Å². The number of imidazole rings is 1. The van der Waals surface area contributed by atoms with E-state index in [9.17, 15) is 24.1 Å². The third-order valence-corrected chi connectivity index (χ3v) is 5.27. The van der Waals surface area contributed by atoms with E-state index in [4.69, 9.17) is 4.42 Å². The quantitative estimate of drug-likeness (QED) is 0.323. The minimum atomic E-state index is -0.650. The van der Waals surface area contributed by atoms with Crippen LogP contribution in [-0.2, 0) is 18.4 Å². The van der Waals surface area contributed by atoms with Crippen LogP contribution >= 0.6 is 0 Å². The molecule has 10 nitrogen and oxygen atoms in total. The molecule has 0 aliphatic carbocycles. The summed E-state index contributed by atoms with van der Waals surface area (Å²) in [6, 6.07) is 9.17. The van der Waals surface area contributed by atoms with Crippen molar-refractivity contribution in [1.29, 1.82) is 0 Å². The van der Waals surface area contributed by atoms with Crippen LogP contribution in [0.25, 0.3) is 11.1 Å². The molecule has 11 heteroatoms. The van der Waals surface area contributed by atoms with Crippen molar-refractivity contribution in [2.45, 2.75) is 25.4 Å². The number of halogens is 1. The van der Waals surface area contributed by atoms with E-state index < -0.39 is 16.7 Å². The first-order valence-corrected chi connectivity index (χ1v) is 10.1. The number of hydrogen-bond donors (Lipinski definition) is 1. The molecule has 4 rings (SSSR count). The molecular weight excluding hydrogens is 433 g/mol. The molecule has 4 aromatic rings. The lowest BCUT2D eigenvalue weighted by Crippen LogP contribution is -2.31. The van der Waals surface area contributed by atoms with Gasteiger partial charge in [0.05, 0.1) is 16.5 Å². The highest BCUT2D eigenvalue weighted by atomic mass is 19.1. The third-order valence-electron chi connectivity index (χ3n) is 5.27. The number of benzene rings is 2. The van der Waals surface area contributed by atoms with Gasteiger partial charge in [-0.05, 0) is 30.2 Å². The molecule has 170 valence electrons. The van der Waals surface area contributed by atoms with Gasteiger partial charge in [0.1, 0.15) is 17.7 Å². The number of amides is 1. The molecule has 1 amide bonds. The molecule has 1 N–H and O–H groups in total. The van der Waals surface area contributed by atoms with Crippen molar-refractivity contribution >= 4 is 22.7 Å². The first-order chi connectivity index (χ1) is 15.8. The van der Waals surface area contributed by atoms with Crippen LogP contribution in [-0.4, -0.2) is 24.9 Å². The molecule has 0 aliphatic heterocycles. The minimum Gasteiger partial charge on any atom is -0.407 e. The fraction of sp³-hybridized carbons (Fsp3) is 0.227. The summed E-state index contributed by atoms with van der Waals surface area (Å²) in [5, 5.41) is 13.8. The lowest BCUT2D eigenvalue weighted by atomic mass is 10.1. The molecule has 2 aromatic heterocycles. The number of oxazole rings is 1. The fourth-order valence-corrected chi connectivity index (χ4v) is 3.62. The number of fused-ring (bicyclic) bond motifs is 1. The maximum absolute atomic E-state index is 13.4. The summed E-state index contributed by atoms with van der Waals surface area (Å²) >= 11 is 0. The highest BCUT2D eigenvalue weighted by Gasteiger charge is 2.21. The van der Waals surface area contributed by atoms with E-state index in [1.807, 2.05) is 0 Å². The van der Waals surface area contributed by atoms with E-state index in [-0.39, 0.29) is 36.0 Å². The molecule has 0 aliphatic rings. The van der Waals surface area contributed by atoms with Gasteiger partial charge in [-0.1, -0.05) is 12.1 Å². The number of non-ortho nitro benzene ring substituents is 1. The fourth-order valence-electron chi connectivity index (χ4n) is 3.62. The number of carbonyl (C=O) groups excluding carboxylic acids is 1. The Labute approximate surface area is 186 Å². The smallest absolute Gasteiger partial charge is 0.407 e. The molecular formula is C22H20FN5O5. The van der Waals surface area contributed by atoms with Crippen molar-refractivity contribution in [3.8, 4) is 0 Å². The van der Waals surface area contributed by atoms with Crippen LogP contribution in [0.4, 0.5) is 10.1 Å². The summed E-state index contributed by atoms with van der Waals surface area (Å²) < 4.78 is 21.6. The summed E-state index contributed by atoms with van der Waals surface area (Å²) in [5.74, 6) is -0.715. The molecule has 0 fully saturated rings. The Hall–Kier alpha value is -4.28. The van der Waals surface area contributed by atoms with Crippen molar-refractivity contribution in [3.63, 3.8) is 0 Å². The zero-order valence-corrected chi connectivity index (χ0v) is 17.6. The number of nitrogens with one attached hydrogen (secondary N) is 1. The van der Waals surface area contributed by atoms with Crippen LogP contribution in [0, 0.1) is 15.9 Å². The number of aromatic nitrogens is 3. The predicted molar refractivity (Wildman–Crippen MR) is 116 cm³/mol. The highest BCUT2D eigenvalue weighted by Crippen LogP contribution is 2.22. The lowest BCUT2D eigenvalue weighted by Gasteiger charge is -2.19. The van der Waals surface area contributed by atoms with E-state index >= 15 is 0 Å². The minimum absolute atomic E-state index is 0.105. The number of nitro benzene ring substituents is 1. The van der Waals surface area contributed by atoms with Gasteiger partial charge in [-0.15, -0.1) is 0 Å². The summed E-state index contributed by atoms with van der Waals surface area (Å²) in [4.78, 5) is 39.5. The average molecular weight is 453 g/mol. The molecule has 0 saturated carbocycles. The lowest BCUT2D eigenvalue weighted by molar-refractivity contribution is -0.384. The Balaban J connectivity index is 1.45. The third kappa shape index (κ3) is 4.66. The van der Waals surface area contributed by atoms with Crippen molar-refractivity contribution in [1.82, 2.24) is 19.4 Å². The highest BCUT2D eigenvalue weighted by molar-refractivity contribution is 5.77. The number of carbonyl (C=O) groups is 1. The average Bonchev–Trinajstić information content (AvgIpc) is 3.34. The van der Waals surface area contributed by atoms with E-state index in [1.54, 1.807) is 36.1 Å². The van der Waals surface area contributed by atoms with Crippen molar-refractivity contribution in [2.75, 3.05) is 0 Å². The summed E-state index contributed by atoms with van der Waals surface area (Å²) in [5.41, 5.74) is 1.04. The molecule has 33 heavy (non-hydrogen) atoms. The maximum atomic E-state index is 13.4.